The van der Waals surface area contributed by atoms with Crippen molar-refractivity contribution < 1.29 is 13.2 Å². The molecule has 0 aliphatic carbocycles. The molecule has 0 aliphatic rings. The first kappa shape index (κ1) is 14.6. The zero-order chi connectivity index (χ0) is 14.8. The summed E-state index contributed by atoms with van der Waals surface area (Å²) in [7, 11) is -3.91. The van der Waals surface area contributed by atoms with Crippen molar-refractivity contribution >= 4 is 27.3 Å². The van der Waals surface area contributed by atoms with E-state index in [0.717, 1.165) is 5.56 Å². The molecule has 2 aromatic carbocycles. The van der Waals surface area contributed by atoms with Gasteiger partial charge < -0.3 is 10.5 Å². The highest BCUT2D eigenvalue weighted by Crippen LogP contribution is 2.26. The van der Waals surface area contributed by atoms with Crippen molar-refractivity contribution in [2.75, 3.05) is 5.73 Å². The molecule has 4 N–H and O–H groups in total. The van der Waals surface area contributed by atoms with Gasteiger partial charge in [0, 0.05) is 16.3 Å². The maximum absolute atomic E-state index is 11.5. The molecule has 2 aromatic rings. The number of rotatable bonds is 4. The maximum atomic E-state index is 11.5. The van der Waals surface area contributed by atoms with Gasteiger partial charge in [0.05, 0.1) is 0 Å². The second-order valence-electron chi connectivity index (χ2n) is 4.13. The van der Waals surface area contributed by atoms with Crippen LogP contribution in [0.2, 0.25) is 5.02 Å². The molecule has 0 radical (unpaired) electrons. The van der Waals surface area contributed by atoms with Crippen LogP contribution >= 0.6 is 11.6 Å². The Bertz CT molecular complexity index is 732. The van der Waals surface area contributed by atoms with Gasteiger partial charge >= 0.3 is 0 Å². The summed E-state index contributed by atoms with van der Waals surface area (Å²) in [6.45, 7) is 0.131. The number of halogens is 1. The van der Waals surface area contributed by atoms with Crippen molar-refractivity contribution in [1.29, 1.82) is 0 Å². The van der Waals surface area contributed by atoms with Crippen LogP contribution in [-0.2, 0) is 16.6 Å². The van der Waals surface area contributed by atoms with Gasteiger partial charge in [-0.15, -0.1) is 0 Å². The van der Waals surface area contributed by atoms with Crippen molar-refractivity contribution in [3.8, 4) is 5.75 Å². The fraction of sp³-hybridized carbons (Fsp3) is 0.0769. The minimum absolute atomic E-state index is 0.131. The fourth-order valence-electron chi connectivity index (χ4n) is 1.64. The Morgan fingerprint density at radius 2 is 1.85 bits per heavy atom. The van der Waals surface area contributed by atoms with Crippen LogP contribution < -0.4 is 15.6 Å². The molecule has 0 heterocycles. The highest BCUT2D eigenvalue weighted by molar-refractivity contribution is 7.89. The lowest BCUT2D eigenvalue weighted by atomic mass is 10.2. The zero-order valence-corrected chi connectivity index (χ0v) is 12.0. The molecule has 7 heteroatoms. The van der Waals surface area contributed by atoms with E-state index in [2.05, 4.69) is 0 Å². The van der Waals surface area contributed by atoms with Gasteiger partial charge in [-0.2, -0.15) is 0 Å². The third-order valence-electron chi connectivity index (χ3n) is 2.62. The minimum atomic E-state index is -3.91. The molecular formula is C13H13ClN2O3S. The second kappa shape index (κ2) is 5.70. The van der Waals surface area contributed by atoms with Crippen LogP contribution in [0.15, 0.2) is 47.4 Å². The average molecular weight is 313 g/mol. The Hall–Kier alpha value is -1.76. The first-order chi connectivity index (χ1) is 9.38. The fourth-order valence-corrected chi connectivity index (χ4v) is 2.54. The van der Waals surface area contributed by atoms with Crippen LogP contribution in [0.3, 0.4) is 0 Å². The summed E-state index contributed by atoms with van der Waals surface area (Å²) in [6, 6.07) is 11.4. The molecule has 0 bridgehead atoms. The molecule has 0 spiro atoms. The zero-order valence-electron chi connectivity index (χ0n) is 10.4. The summed E-state index contributed by atoms with van der Waals surface area (Å²) in [6.07, 6.45) is 0. The quantitative estimate of drug-likeness (QED) is 0.845. The van der Waals surface area contributed by atoms with Crippen molar-refractivity contribution in [3.05, 3.63) is 53.1 Å². The smallest absolute Gasteiger partial charge is 0.241 e. The predicted octanol–water partition coefficient (Wildman–Crippen LogP) is 2.15. The number of hydrogen-bond donors (Lipinski definition) is 2. The Morgan fingerprint density at radius 3 is 2.50 bits per heavy atom. The number of anilines is 1. The number of hydrogen-bond acceptors (Lipinski definition) is 4. The van der Waals surface area contributed by atoms with Gasteiger partial charge in [-0.3, -0.25) is 0 Å². The summed E-state index contributed by atoms with van der Waals surface area (Å²) >= 11 is 6.00. The summed E-state index contributed by atoms with van der Waals surface area (Å²) in [5, 5.41) is 5.68. The molecular weight excluding hydrogens is 300 g/mol. The Kier molecular flexibility index (Phi) is 4.17. The minimum Gasteiger partial charge on any atom is -0.487 e. The SMILES string of the molecule is Nc1ccc(OCc2ccccc2Cl)c(S(N)(=O)=O)c1. The van der Waals surface area contributed by atoms with Crippen molar-refractivity contribution in [1.82, 2.24) is 0 Å². The summed E-state index contributed by atoms with van der Waals surface area (Å²) in [4.78, 5) is -0.149. The van der Waals surface area contributed by atoms with E-state index in [1.807, 2.05) is 6.07 Å². The van der Waals surface area contributed by atoms with E-state index >= 15 is 0 Å². The van der Waals surface area contributed by atoms with Crippen molar-refractivity contribution in [3.63, 3.8) is 0 Å². The summed E-state index contributed by atoms with van der Waals surface area (Å²) in [5.41, 5.74) is 6.59. The molecule has 2 rings (SSSR count). The molecule has 0 aliphatic heterocycles. The molecule has 106 valence electrons. The van der Waals surface area contributed by atoms with Gasteiger partial charge in [0.2, 0.25) is 10.0 Å². The maximum Gasteiger partial charge on any atom is 0.241 e. The van der Waals surface area contributed by atoms with E-state index < -0.39 is 10.0 Å². The van der Waals surface area contributed by atoms with Crippen molar-refractivity contribution in [2.45, 2.75) is 11.5 Å². The van der Waals surface area contributed by atoms with E-state index in [1.165, 1.54) is 18.2 Å². The number of nitrogen functional groups attached to an aromatic ring is 1. The monoisotopic (exact) mass is 312 g/mol. The normalized spacial score (nSPS) is 11.3. The molecule has 5 nitrogen and oxygen atoms in total. The molecule has 0 fully saturated rings. The Balaban J connectivity index is 2.29. The standard InChI is InChI=1S/C13H13ClN2O3S/c14-11-4-2-1-3-9(11)8-19-12-6-5-10(15)7-13(12)20(16,17)18/h1-7H,8,15H2,(H2,16,17,18). The molecule has 0 saturated heterocycles. The third kappa shape index (κ3) is 3.41. The first-order valence-corrected chi connectivity index (χ1v) is 7.59. The van der Waals surface area contributed by atoms with Crippen molar-refractivity contribution in [2.24, 2.45) is 5.14 Å². The highest BCUT2D eigenvalue weighted by atomic mass is 35.5. The second-order valence-corrected chi connectivity index (χ2v) is 6.07. The average Bonchev–Trinajstić information content (AvgIpc) is 2.38. The van der Waals surface area contributed by atoms with Gasteiger partial charge in [0.1, 0.15) is 17.3 Å². The molecule has 0 aromatic heterocycles. The molecule has 0 saturated carbocycles. The van der Waals surface area contributed by atoms with Crippen LogP contribution in [0.1, 0.15) is 5.56 Å². The van der Waals surface area contributed by atoms with Gasteiger partial charge in [-0.05, 0) is 24.3 Å². The van der Waals surface area contributed by atoms with E-state index in [0.29, 0.717) is 10.7 Å². The molecule has 0 amide bonds. The Morgan fingerprint density at radius 1 is 1.15 bits per heavy atom. The van der Waals surface area contributed by atoms with Crippen LogP contribution in [0.5, 0.6) is 5.75 Å². The van der Waals surface area contributed by atoms with E-state index in [4.69, 9.17) is 27.2 Å². The number of benzene rings is 2. The van der Waals surface area contributed by atoms with E-state index in [1.54, 1.807) is 18.2 Å². The van der Waals surface area contributed by atoms with Crippen LogP contribution in [0.25, 0.3) is 0 Å². The van der Waals surface area contributed by atoms with Gasteiger partial charge in [-0.1, -0.05) is 29.8 Å². The van der Waals surface area contributed by atoms with Crippen LogP contribution in [-0.4, -0.2) is 8.42 Å². The van der Waals surface area contributed by atoms with E-state index in [9.17, 15) is 8.42 Å². The summed E-state index contributed by atoms with van der Waals surface area (Å²) in [5.74, 6) is 0.140. The largest absolute Gasteiger partial charge is 0.487 e. The molecule has 0 atom stereocenters. The predicted molar refractivity (Wildman–Crippen MR) is 78.0 cm³/mol. The number of ether oxygens (including phenoxy) is 1. The molecule has 0 unspecified atom stereocenters. The van der Waals surface area contributed by atoms with Crippen LogP contribution in [0, 0.1) is 0 Å². The Labute approximate surface area is 122 Å². The van der Waals surface area contributed by atoms with Gasteiger partial charge in [0.25, 0.3) is 0 Å². The number of sulfonamides is 1. The first-order valence-electron chi connectivity index (χ1n) is 5.66. The van der Waals surface area contributed by atoms with Crippen LogP contribution in [0.4, 0.5) is 5.69 Å². The van der Waals surface area contributed by atoms with Gasteiger partial charge in [0.15, 0.2) is 0 Å². The topological polar surface area (TPSA) is 95.4 Å². The lowest BCUT2D eigenvalue weighted by Crippen LogP contribution is -2.14. The third-order valence-corrected chi connectivity index (χ3v) is 3.92. The molecule has 20 heavy (non-hydrogen) atoms. The lowest BCUT2D eigenvalue weighted by Gasteiger charge is -2.11. The lowest BCUT2D eigenvalue weighted by molar-refractivity contribution is 0.298. The highest BCUT2D eigenvalue weighted by Gasteiger charge is 2.16. The number of nitrogens with two attached hydrogens (primary N) is 2. The number of primary sulfonamides is 1. The summed E-state index contributed by atoms with van der Waals surface area (Å²) < 4.78 is 28.5. The van der Waals surface area contributed by atoms with Gasteiger partial charge in [-0.25, -0.2) is 13.6 Å². The van der Waals surface area contributed by atoms with E-state index in [-0.39, 0.29) is 17.3 Å².